The second kappa shape index (κ2) is 15.3. The molecule has 7 heteroatoms. The maximum atomic E-state index is 8.96. The van der Waals surface area contributed by atoms with Crippen molar-refractivity contribution >= 4 is 5.90 Å². The first-order chi connectivity index (χ1) is 15.5. The number of aliphatic imine (C=N–C) groups is 1. The number of nitriles is 1. The molecular weight excluding hydrogens is 404 g/mol. The number of methoxy groups -OCH3 is 1. The van der Waals surface area contributed by atoms with Gasteiger partial charge in [0.1, 0.15) is 17.9 Å². The zero-order chi connectivity index (χ0) is 23.8. The molecule has 0 aliphatic carbocycles. The van der Waals surface area contributed by atoms with Gasteiger partial charge in [-0.05, 0) is 50.5 Å². The van der Waals surface area contributed by atoms with Gasteiger partial charge in [0, 0.05) is 24.4 Å². The summed E-state index contributed by atoms with van der Waals surface area (Å²) in [5.74, 6) is 1.60. The Morgan fingerprint density at radius 3 is 2.53 bits per heavy atom. The largest absolute Gasteiger partial charge is 0.484 e. The van der Waals surface area contributed by atoms with E-state index in [4.69, 9.17) is 19.5 Å². The summed E-state index contributed by atoms with van der Waals surface area (Å²) in [5.41, 5.74) is 2.14. The minimum atomic E-state index is -0.190. The van der Waals surface area contributed by atoms with Crippen LogP contribution in [0.2, 0.25) is 0 Å². The van der Waals surface area contributed by atoms with E-state index in [2.05, 4.69) is 22.2 Å². The Morgan fingerprint density at radius 2 is 2.00 bits per heavy atom. The minimum Gasteiger partial charge on any atom is -0.484 e. The maximum absolute atomic E-state index is 8.96. The molecule has 0 bridgehead atoms. The number of hydrogen-bond donors (Lipinski definition) is 1. The molecule has 1 heterocycles. The average Bonchev–Trinajstić information content (AvgIpc) is 2.81. The summed E-state index contributed by atoms with van der Waals surface area (Å²) in [5, 5.41) is 12.3. The standard InChI is InChI=1S/C25H34N4O3/c1-7-11-21(15-16-31-24(10-4)28-19(5)30-6)29-25(12-8-2)32-23(9-3)20-13-14-22(17-26)27-18-20/h10-16,18,23,29H,7-9H2,1-6H3/b16-15+,21-11-,24-10+,25-12+,28-19+. The lowest BCUT2D eigenvalue weighted by molar-refractivity contribution is 0.101. The molecule has 1 rings (SSSR count). The molecule has 7 nitrogen and oxygen atoms in total. The van der Waals surface area contributed by atoms with Crippen LogP contribution in [0.15, 0.2) is 71.4 Å². The Balaban J connectivity index is 2.94. The first kappa shape index (κ1) is 26.5. The Bertz CT molecular complexity index is 891. The number of ether oxygens (including phenoxy) is 3. The van der Waals surface area contributed by atoms with Crippen LogP contribution in [0.25, 0.3) is 0 Å². The maximum Gasteiger partial charge on any atom is 0.216 e. The van der Waals surface area contributed by atoms with E-state index in [9.17, 15) is 0 Å². The summed E-state index contributed by atoms with van der Waals surface area (Å²) in [6, 6.07) is 5.61. The fraction of sp³-hybridized carbons (Fsp3) is 0.400. The fourth-order valence-corrected chi connectivity index (χ4v) is 2.58. The molecular formula is C25H34N4O3. The van der Waals surface area contributed by atoms with Gasteiger partial charge in [-0.3, -0.25) is 0 Å². The lowest BCUT2D eigenvalue weighted by Crippen LogP contribution is -2.17. The van der Waals surface area contributed by atoms with E-state index < -0.39 is 0 Å². The van der Waals surface area contributed by atoms with Crippen molar-refractivity contribution in [2.75, 3.05) is 7.11 Å². The van der Waals surface area contributed by atoms with Gasteiger partial charge in [-0.1, -0.05) is 32.9 Å². The molecule has 1 aromatic rings. The summed E-state index contributed by atoms with van der Waals surface area (Å²) in [6.07, 6.45) is 13.1. The third-order valence-corrected chi connectivity index (χ3v) is 4.24. The highest BCUT2D eigenvalue weighted by atomic mass is 16.5. The zero-order valence-electron chi connectivity index (χ0n) is 19.9. The van der Waals surface area contributed by atoms with Gasteiger partial charge in [0.25, 0.3) is 0 Å². The Morgan fingerprint density at radius 1 is 1.25 bits per heavy atom. The van der Waals surface area contributed by atoms with Crippen LogP contribution in [0.5, 0.6) is 0 Å². The molecule has 0 spiro atoms. The van der Waals surface area contributed by atoms with Gasteiger partial charge in [-0.25, -0.2) is 4.98 Å². The van der Waals surface area contributed by atoms with E-state index in [0.717, 1.165) is 30.5 Å². The Labute approximate surface area is 191 Å². The molecule has 0 saturated heterocycles. The van der Waals surface area contributed by atoms with Gasteiger partial charge < -0.3 is 19.5 Å². The van der Waals surface area contributed by atoms with Gasteiger partial charge in [0.15, 0.2) is 11.8 Å². The van der Waals surface area contributed by atoms with Gasteiger partial charge in [0.2, 0.25) is 5.88 Å². The second-order valence-electron chi connectivity index (χ2n) is 6.66. The molecule has 0 saturated carbocycles. The number of nitrogens with one attached hydrogen (secondary N) is 1. The molecule has 172 valence electrons. The van der Waals surface area contributed by atoms with Crippen molar-refractivity contribution in [3.8, 4) is 6.07 Å². The van der Waals surface area contributed by atoms with E-state index in [1.807, 2.05) is 51.1 Å². The Kier molecular flexibility index (Phi) is 12.7. The quantitative estimate of drug-likeness (QED) is 0.186. The van der Waals surface area contributed by atoms with Crippen LogP contribution in [-0.4, -0.2) is 18.0 Å². The molecule has 1 N–H and O–H groups in total. The monoisotopic (exact) mass is 438 g/mol. The third kappa shape index (κ3) is 9.52. The molecule has 32 heavy (non-hydrogen) atoms. The number of aromatic nitrogens is 1. The van der Waals surface area contributed by atoms with Crippen LogP contribution in [-0.2, 0) is 14.2 Å². The van der Waals surface area contributed by atoms with Gasteiger partial charge >= 0.3 is 0 Å². The normalized spacial score (nSPS) is 14.2. The Hall–Kier alpha value is -3.53. The van der Waals surface area contributed by atoms with E-state index in [0.29, 0.717) is 23.4 Å². The topological polar surface area (TPSA) is 88.8 Å². The summed E-state index contributed by atoms with van der Waals surface area (Å²) in [4.78, 5) is 8.38. The van der Waals surface area contributed by atoms with Crippen LogP contribution < -0.4 is 5.32 Å². The number of rotatable bonds is 12. The molecule has 0 amide bonds. The highest BCUT2D eigenvalue weighted by molar-refractivity contribution is 5.73. The SMILES string of the molecule is C/C=C(\N=C(/C)OC)O/C=C/C(=C/CC)N/C(=C\CC)OC(CC)c1ccc(C#N)nc1. The zero-order valence-corrected chi connectivity index (χ0v) is 19.9. The van der Waals surface area contributed by atoms with Crippen molar-refractivity contribution in [2.45, 2.75) is 60.0 Å². The molecule has 0 aromatic carbocycles. The van der Waals surface area contributed by atoms with Crippen molar-refractivity contribution in [3.05, 3.63) is 77.6 Å². The fourth-order valence-electron chi connectivity index (χ4n) is 2.58. The smallest absolute Gasteiger partial charge is 0.216 e. The number of nitrogens with zero attached hydrogens (tertiary/aromatic N) is 3. The predicted octanol–water partition coefficient (Wildman–Crippen LogP) is 6.01. The van der Waals surface area contributed by atoms with Crippen LogP contribution in [0, 0.1) is 11.3 Å². The van der Waals surface area contributed by atoms with E-state index in [1.54, 1.807) is 38.6 Å². The molecule has 0 radical (unpaired) electrons. The van der Waals surface area contributed by atoms with Gasteiger partial charge in [-0.2, -0.15) is 10.3 Å². The molecule has 1 atom stereocenters. The average molecular weight is 439 g/mol. The first-order valence-electron chi connectivity index (χ1n) is 10.8. The van der Waals surface area contributed by atoms with E-state index in [1.165, 1.54) is 0 Å². The molecule has 0 fully saturated rings. The predicted molar refractivity (Wildman–Crippen MR) is 127 cm³/mol. The van der Waals surface area contributed by atoms with Crippen LogP contribution in [0.1, 0.15) is 71.2 Å². The molecule has 1 aromatic heterocycles. The molecule has 0 aliphatic heterocycles. The highest BCUT2D eigenvalue weighted by Gasteiger charge is 2.14. The van der Waals surface area contributed by atoms with Crippen LogP contribution >= 0.6 is 0 Å². The summed E-state index contributed by atoms with van der Waals surface area (Å²) in [7, 11) is 1.56. The van der Waals surface area contributed by atoms with E-state index >= 15 is 0 Å². The number of allylic oxidation sites excluding steroid dienone is 4. The first-order valence-corrected chi connectivity index (χ1v) is 10.8. The molecule has 1 unspecified atom stereocenters. The van der Waals surface area contributed by atoms with Crippen molar-refractivity contribution in [1.29, 1.82) is 5.26 Å². The van der Waals surface area contributed by atoms with Crippen LogP contribution in [0.3, 0.4) is 0 Å². The van der Waals surface area contributed by atoms with E-state index in [-0.39, 0.29) is 6.10 Å². The summed E-state index contributed by atoms with van der Waals surface area (Å²) < 4.78 is 16.9. The number of hydrogen-bond acceptors (Lipinski definition) is 7. The summed E-state index contributed by atoms with van der Waals surface area (Å²) in [6.45, 7) is 9.75. The van der Waals surface area contributed by atoms with Crippen molar-refractivity contribution < 1.29 is 14.2 Å². The van der Waals surface area contributed by atoms with Crippen molar-refractivity contribution in [3.63, 3.8) is 0 Å². The summed E-state index contributed by atoms with van der Waals surface area (Å²) >= 11 is 0. The second-order valence-corrected chi connectivity index (χ2v) is 6.66. The van der Waals surface area contributed by atoms with Gasteiger partial charge in [-0.15, -0.1) is 0 Å². The molecule has 0 aliphatic rings. The lowest BCUT2D eigenvalue weighted by atomic mass is 10.1. The van der Waals surface area contributed by atoms with Gasteiger partial charge in [0.05, 0.1) is 13.4 Å². The lowest BCUT2D eigenvalue weighted by Gasteiger charge is -2.21. The minimum absolute atomic E-state index is 0.190. The van der Waals surface area contributed by atoms with Crippen molar-refractivity contribution in [1.82, 2.24) is 10.3 Å². The van der Waals surface area contributed by atoms with Crippen LogP contribution in [0.4, 0.5) is 0 Å². The van der Waals surface area contributed by atoms with Crippen molar-refractivity contribution in [2.24, 2.45) is 4.99 Å². The third-order valence-electron chi connectivity index (χ3n) is 4.24. The highest BCUT2D eigenvalue weighted by Crippen LogP contribution is 2.23. The number of pyridine rings is 1.